The van der Waals surface area contributed by atoms with Gasteiger partial charge in [0.1, 0.15) is 0 Å². The lowest BCUT2D eigenvalue weighted by Gasteiger charge is -2.39. The molecular formula is C36H63N3O6. The Kier molecular flexibility index (Phi) is 15.1. The second kappa shape index (κ2) is 16.8. The summed E-state index contributed by atoms with van der Waals surface area (Å²) >= 11 is 0. The van der Waals surface area contributed by atoms with Crippen molar-refractivity contribution in [2.45, 2.75) is 120 Å². The molecule has 0 aromatic carbocycles. The molecule has 3 amide bonds. The Labute approximate surface area is 273 Å². The van der Waals surface area contributed by atoms with Crippen molar-refractivity contribution in [1.29, 1.82) is 0 Å². The third kappa shape index (κ3) is 9.71. The summed E-state index contributed by atoms with van der Waals surface area (Å²) in [5, 5.41) is 0. The smallest absolute Gasteiger partial charge is 0.226 e. The Bertz CT molecular complexity index is 946. The minimum atomic E-state index is -0.786. The largest absolute Gasteiger partial charge is 0.335 e. The molecule has 0 saturated carbocycles. The van der Waals surface area contributed by atoms with Gasteiger partial charge in [-0.15, -0.1) is 0 Å². The van der Waals surface area contributed by atoms with E-state index in [0.717, 1.165) is 0 Å². The summed E-state index contributed by atoms with van der Waals surface area (Å²) in [6, 6.07) is -2.36. The Morgan fingerprint density at radius 3 is 0.689 bits per heavy atom. The van der Waals surface area contributed by atoms with Gasteiger partial charge in [0.2, 0.25) is 17.7 Å². The predicted molar refractivity (Wildman–Crippen MR) is 178 cm³/mol. The third-order valence-corrected chi connectivity index (χ3v) is 9.81. The first-order valence-corrected chi connectivity index (χ1v) is 17.0. The SMILES string of the molecule is CC(C)C1CC(=O)C(C(C)C)N(C)C(=O)C(C(C)C)CC(=O)C(C(C)C)N(C)C(=O)C(C(C)C)CC(=O)C(C(C)C)N(C)C1=O. The van der Waals surface area contributed by atoms with E-state index >= 15 is 0 Å². The number of carbonyl (C=O) groups excluding carboxylic acids is 6. The summed E-state index contributed by atoms with van der Waals surface area (Å²) in [7, 11) is 4.83. The van der Waals surface area contributed by atoms with Gasteiger partial charge in [-0.05, 0) is 35.5 Å². The van der Waals surface area contributed by atoms with Crippen LogP contribution in [0.2, 0.25) is 0 Å². The quantitative estimate of drug-likeness (QED) is 0.400. The van der Waals surface area contributed by atoms with Crippen LogP contribution in [0.3, 0.4) is 0 Å². The van der Waals surface area contributed by atoms with Crippen LogP contribution < -0.4 is 0 Å². The molecule has 0 N–H and O–H groups in total. The van der Waals surface area contributed by atoms with Gasteiger partial charge in [0, 0.05) is 58.2 Å². The second-order valence-electron chi connectivity index (χ2n) is 15.5. The van der Waals surface area contributed by atoms with E-state index < -0.39 is 35.9 Å². The topological polar surface area (TPSA) is 112 Å². The molecule has 1 fully saturated rings. The number of Topliss-reactive ketones (excluding diaryl/α,β-unsaturated/α-hetero) is 3. The van der Waals surface area contributed by atoms with Gasteiger partial charge in [0.05, 0.1) is 18.1 Å². The minimum Gasteiger partial charge on any atom is -0.335 e. The molecule has 9 heteroatoms. The molecule has 0 bridgehead atoms. The summed E-state index contributed by atoms with van der Waals surface area (Å²) in [6.45, 7) is 22.6. The average Bonchev–Trinajstić information content (AvgIpc) is 2.90. The number of likely N-dealkylation sites (N-methyl/N-ethyl adjacent to an activating group) is 3. The standard InChI is InChI=1S/C36H63N3O6/c1-19(2)25-16-28(40)31(22(7)8)38(14)35(44)27(21(5)6)18-30(42)33(24(11)12)39(15)36(45)26(20(3)4)17-29(41)32(23(9)10)37(13)34(25)43/h19-27,31-33H,16-18H2,1-15H3. The highest BCUT2D eigenvalue weighted by Gasteiger charge is 2.43. The van der Waals surface area contributed by atoms with Gasteiger partial charge < -0.3 is 14.7 Å². The number of carbonyl (C=O) groups is 6. The maximum absolute atomic E-state index is 14.1. The van der Waals surface area contributed by atoms with Crippen LogP contribution >= 0.6 is 0 Å². The third-order valence-electron chi connectivity index (χ3n) is 9.81. The van der Waals surface area contributed by atoms with Crippen LogP contribution in [0.4, 0.5) is 0 Å². The highest BCUT2D eigenvalue weighted by Crippen LogP contribution is 2.30. The molecule has 0 aliphatic carbocycles. The molecule has 6 atom stereocenters. The van der Waals surface area contributed by atoms with E-state index in [1.54, 1.807) is 21.1 Å². The van der Waals surface area contributed by atoms with Gasteiger partial charge in [-0.1, -0.05) is 83.1 Å². The van der Waals surface area contributed by atoms with Crippen molar-refractivity contribution in [1.82, 2.24) is 14.7 Å². The van der Waals surface area contributed by atoms with E-state index in [-0.39, 0.29) is 89.8 Å². The molecule has 6 unspecified atom stereocenters. The molecule has 0 aromatic rings. The van der Waals surface area contributed by atoms with Gasteiger partial charge in [0.15, 0.2) is 17.3 Å². The number of hydrogen-bond donors (Lipinski definition) is 0. The lowest BCUT2D eigenvalue weighted by atomic mass is 9.81. The predicted octanol–water partition coefficient (Wildman–Crippen LogP) is 5.14. The molecule has 0 radical (unpaired) electrons. The van der Waals surface area contributed by atoms with E-state index in [2.05, 4.69) is 0 Å². The van der Waals surface area contributed by atoms with Crippen molar-refractivity contribution >= 4 is 35.1 Å². The van der Waals surface area contributed by atoms with Crippen LogP contribution in [-0.2, 0) is 28.8 Å². The van der Waals surface area contributed by atoms with Gasteiger partial charge >= 0.3 is 0 Å². The number of amides is 3. The summed E-state index contributed by atoms with van der Waals surface area (Å²) in [5.41, 5.74) is 0. The Balaban J connectivity index is 3.93. The van der Waals surface area contributed by atoms with Crippen molar-refractivity contribution in [3.05, 3.63) is 0 Å². The first kappa shape index (κ1) is 40.4. The normalized spacial score (nSPS) is 28.1. The van der Waals surface area contributed by atoms with Gasteiger partial charge in [0.25, 0.3) is 0 Å². The van der Waals surface area contributed by atoms with Crippen LogP contribution in [0.25, 0.3) is 0 Å². The van der Waals surface area contributed by atoms with Crippen molar-refractivity contribution in [3.63, 3.8) is 0 Å². The monoisotopic (exact) mass is 633 g/mol. The lowest BCUT2D eigenvalue weighted by molar-refractivity contribution is -0.151. The van der Waals surface area contributed by atoms with E-state index in [9.17, 15) is 28.8 Å². The highest BCUT2D eigenvalue weighted by atomic mass is 16.2. The molecule has 1 aliphatic heterocycles. The van der Waals surface area contributed by atoms with Crippen molar-refractivity contribution in [2.75, 3.05) is 21.1 Å². The van der Waals surface area contributed by atoms with Crippen molar-refractivity contribution in [3.8, 4) is 0 Å². The summed E-state index contributed by atoms with van der Waals surface area (Å²) < 4.78 is 0. The van der Waals surface area contributed by atoms with Gasteiger partial charge in [-0.2, -0.15) is 0 Å². The molecule has 1 rings (SSSR count). The zero-order chi connectivity index (χ0) is 35.2. The fourth-order valence-corrected chi connectivity index (χ4v) is 7.14. The zero-order valence-electron chi connectivity index (χ0n) is 30.8. The Morgan fingerprint density at radius 1 is 0.378 bits per heavy atom. The van der Waals surface area contributed by atoms with E-state index in [1.165, 1.54) is 14.7 Å². The number of ketones is 3. The fraction of sp³-hybridized carbons (Fsp3) is 0.833. The van der Waals surface area contributed by atoms with E-state index in [0.29, 0.717) is 0 Å². The first-order valence-electron chi connectivity index (χ1n) is 17.0. The lowest BCUT2D eigenvalue weighted by Crippen LogP contribution is -2.54. The summed E-state index contributed by atoms with van der Waals surface area (Å²) in [5.74, 6) is -4.87. The van der Waals surface area contributed by atoms with Crippen molar-refractivity contribution < 1.29 is 28.8 Å². The Hall–Kier alpha value is -2.58. The Morgan fingerprint density at radius 2 is 0.556 bits per heavy atom. The molecule has 1 aliphatic rings. The van der Waals surface area contributed by atoms with Crippen LogP contribution in [0.1, 0.15) is 102 Å². The second-order valence-corrected chi connectivity index (χ2v) is 15.5. The highest BCUT2D eigenvalue weighted by molar-refractivity contribution is 5.98. The number of rotatable bonds is 6. The van der Waals surface area contributed by atoms with Crippen LogP contribution in [0.5, 0.6) is 0 Å². The molecule has 0 aromatic heterocycles. The molecule has 0 spiro atoms. The molecule has 45 heavy (non-hydrogen) atoms. The van der Waals surface area contributed by atoms with Crippen LogP contribution in [0, 0.1) is 53.3 Å². The summed E-state index contributed by atoms with van der Waals surface area (Å²) in [6.07, 6.45) is -0.212. The van der Waals surface area contributed by atoms with Gasteiger partial charge in [-0.3, -0.25) is 28.8 Å². The summed E-state index contributed by atoms with van der Waals surface area (Å²) in [4.78, 5) is 88.6. The minimum absolute atomic E-state index is 0.0705. The van der Waals surface area contributed by atoms with E-state index in [1.807, 2.05) is 83.1 Å². The zero-order valence-corrected chi connectivity index (χ0v) is 30.8. The number of hydrogen-bond acceptors (Lipinski definition) is 6. The van der Waals surface area contributed by atoms with E-state index in [4.69, 9.17) is 0 Å². The average molecular weight is 634 g/mol. The maximum Gasteiger partial charge on any atom is 0.226 e. The molecule has 258 valence electrons. The fourth-order valence-electron chi connectivity index (χ4n) is 7.14. The number of nitrogens with zero attached hydrogens (tertiary/aromatic N) is 3. The van der Waals surface area contributed by atoms with Crippen LogP contribution in [-0.4, -0.2) is 89.0 Å². The molecule has 9 nitrogen and oxygen atoms in total. The van der Waals surface area contributed by atoms with Crippen molar-refractivity contribution in [2.24, 2.45) is 53.3 Å². The van der Waals surface area contributed by atoms with Crippen LogP contribution in [0.15, 0.2) is 0 Å². The van der Waals surface area contributed by atoms with Gasteiger partial charge in [-0.25, -0.2) is 0 Å². The first-order chi connectivity index (χ1) is 20.6. The molecular weight excluding hydrogens is 570 g/mol. The maximum atomic E-state index is 14.1. The molecule has 1 saturated heterocycles. The molecule has 1 heterocycles.